The Morgan fingerprint density at radius 1 is 1.07 bits per heavy atom. The lowest BCUT2D eigenvalue weighted by Crippen LogP contribution is -2.46. The highest BCUT2D eigenvalue weighted by Crippen LogP contribution is 2.23. The molecule has 3 rings (SSSR count). The maximum absolute atomic E-state index is 12.9. The Kier molecular flexibility index (Phi) is 6.90. The molecule has 4 nitrogen and oxygen atoms in total. The zero-order chi connectivity index (χ0) is 18.9. The number of nitrogens with one attached hydrogen (secondary N) is 1. The molecule has 2 aromatic rings. The van der Waals surface area contributed by atoms with E-state index in [0.717, 1.165) is 37.1 Å². The first-order chi connectivity index (χ1) is 13.3. The van der Waals surface area contributed by atoms with Crippen LogP contribution in [0, 0.1) is 18.3 Å². The average Bonchev–Trinajstić information content (AvgIpc) is 2.74. The fourth-order valence-electron chi connectivity index (χ4n) is 3.45. The fraction of sp³-hybridized carbons (Fsp3) is 0.348. The molecular formula is C23H26N2O2. The van der Waals surface area contributed by atoms with Gasteiger partial charge in [0, 0.05) is 13.1 Å². The van der Waals surface area contributed by atoms with Crippen LogP contribution in [0.4, 0.5) is 4.79 Å². The number of benzene rings is 2. The standard InChI is InChI=1S/C23H26N2O2/c1-2-17-27-18-19-13-15-25(16-14-19)23(26)24-22(20-9-5-3-6-10-20)21-11-7-4-8-12-21/h1,3-12,19,22H,13-18H2,(H,24,26). The van der Waals surface area contributed by atoms with E-state index in [1.54, 1.807) is 0 Å². The van der Waals surface area contributed by atoms with Crippen molar-refractivity contribution in [1.82, 2.24) is 10.2 Å². The van der Waals surface area contributed by atoms with E-state index in [9.17, 15) is 4.79 Å². The molecule has 0 bridgehead atoms. The number of terminal acetylenes is 1. The Balaban J connectivity index is 1.62. The van der Waals surface area contributed by atoms with Gasteiger partial charge in [-0.05, 0) is 29.9 Å². The monoisotopic (exact) mass is 362 g/mol. The molecule has 1 aliphatic heterocycles. The summed E-state index contributed by atoms with van der Waals surface area (Å²) >= 11 is 0. The lowest BCUT2D eigenvalue weighted by atomic mass is 9.97. The highest BCUT2D eigenvalue weighted by Gasteiger charge is 2.25. The molecule has 2 aromatic carbocycles. The number of rotatable bonds is 6. The topological polar surface area (TPSA) is 41.6 Å². The molecule has 1 heterocycles. The number of ether oxygens (including phenoxy) is 1. The summed E-state index contributed by atoms with van der Waals surface area (Å²) in [6, 6.07) is 20.0. The van der Waals surface area contributed by atoms with Crippen molar-refractivity contribution in [2.45, 2.75) is 18.9 Å². The predicted octanol–water partition coefficient (Wildman–Crippen LogP) is 3.85. The average molecular weight is 362 g/mol. The zero-order valence-electron chi connectivity index (χ0n) is 15.5. The molecule has 0 unspecified atom stereocenters. The van der Waals surface area contributed by atoms with E-state index < -0.39 is 0 Å². The summed E-state index contributed by atoms with van der Waals surface area (Å²) in [6.07, 6.45) is 7.10. The van der Waals surface area contributed by atoms with Gasteiger partial charge < -0.3 is 15.0 Å². The van der Waals surface area contributed by atoms with Crippen molar-refractivity contribution < 1.29 is 9.53 Å². The summed E-state index contributed by atoms with van der Waals surface area (Å²) in [5.41, 5.74) is 2.16. The van der Waals surface area contributed by atoms with Gasteiger partial charge in [-0.1, -0.05) is 66.6 Å². The molecule has 1 aliphatic rings. The SMILES string of the molecule is C#CCOCC1CCN(C(=O)NC(c2ccccc2)c2ccccc2)CC1. The van der Waals surface area contributed by atoms with Gasteiger partial charge in [0.25, 0.3) is 0 Å². The third-order valence-corrected chi connectivity index (χ3v) is 4.97. The number of amides is 2. The van der Waals surface area contributed by atoms with Gasteiger partial charge in [0.1, 0.15) is 6.61 Å². The largest absolute Gasteiger partial charge is 0.369 e. The number of carbonyl (C=O) groups excluding carboxylic acids is 1. The molecule has 2 amide bonds. The number of piperidine rings is 1. The summed E-state index contributed by atoms with van der Waals surface area (Å²) in [6.45, 7) is 2.52. The molecule has 1 fully saturated rings. The number of likely N-dealkylation sites (tertiary alicyclic amines) is 1. The molecule has 1 saturated heterocycles. The number of hydrogen-bond acceptors (Lipinski definition) is 2. The van der Waals surface area contributed by atoms with Gasteiger partial charge in [-0.25, -0.2) is 4.79 Å². The second kappa shape index (κ2) is 9.80. The minimum Gasteiger partial charge on any atom is -0.369 e. The Morgan fingerprint density at radius 2 is 1.63 bits per heavy atom. The maximum atomic E-state index is 12.9. The van der Waals surface area contributed by atoms with Gasteiger partial charge in [-0.15, -0.1) is 6.42 Å². The van der Waals surface area contributed by atoms with Crippen molar-refractivity contribution in [2.75, 3.05) is 26.3 Å². The van der Waals surface area contributed by atoms with Crippen molar-refractivity contribution >= 4 is 6.03 Å². The third kappa shape index (κ3) is 5.35. The molecule has 0 spiro atoms. The zero-order valence-corrected chi connectivity index (χ0v) is 15.5. The van der Waals surface area contributed by atoms with E-state index in [2.05, 4.69) is 11.2 Å². The molecule has 0 aromatic heterocycles. The summed E-state index contributed by atoms with van der Waals surface area (Å²) in [5.74, 6) is 2.96. The number of nitrogens with zero attached hydrogens (tertiary/aromatic N) is 1. The quantitative estimate of drug-likeness (QED) is 0.626. The fourth-order valence-corrected chi connectivity index (χ4v) is 3.45. The first kappa shape index (κ1) is 19.0. The Labute approximate surface area is 161 Å². The van der Waals surface area contributed by atoms with Crippen LogP contribution in [0.3, 0.4) is 0 Å². The van der Waals surface area contributed by atoms with Crippen LogP contribution < -0.4 is 5.32 Å². The second-order valence-electron chi connectivity index (χ2n) is 6.85. The number of urea groups is 1. The van der Waals surface area contributed by atoms with Crippen LogP contribution in [0.2, 0.25) is 0 Å². The molecule has 0 atom stereocenters. The summed E-state index contributed by atoms with van der Waals surface area (Å²) in [7, 11) is 0. The molecule has 4 heteroatoms. The Hall–Kier alpha value is -2.77. The maximum Gasteiger partial charge on any atom is 0.318 e. The molecule has 0 saturated carbocycles. The van der Waals surface area contributed by atoms with E-state index in [-0.39, 0.29) is 12.1 Å². The van der Waals surface area contributed by atoms with Crippen molar-refractivity contribution in [3.63, 3.8) is 0 Å². The van der Waals surface area contributed by atoms with E-state index in [4.69, 9.17) is 11.2 Å². The normalized spacial score (nSPS) is 14.7. The van der Waals surface area contributed by atoms with E-state index in [1.165, 1.54) is 0 Å². The van der Waals surface area contributed by atoms with Crippen molar-refractivity contribution in [3.05, 3.63) is 71.8 Å². The lowest BCUT2D eigenvalue weighted by Gasteiger charge is -2.33. The molecule has 0 aliphatic carbocycles. The van der Waals surface area contributed by atoms with Gasteiger partial charge in [-0.2, -0.15) is 0 Å². The van der Waals surface area contributed by atoms with Crippen LogP contribution in [0.25, 0.3) is 0 Å². The van der Waals surface area contributed by atoms with Crippen LogP contribution in [-0.4, -0.2) is 37.2 Å². The van der Waals surface area contributed by atoms with Gasteiger partial charge in [0.05, 0.1) is 12.6 Å². The highest BCUT2D eigenvalue weighted by molar-refractivity contribution is 5.75. The smallest absolute Gasteiger partial charge is 0.318 e. The molecule has 140 valence electrons. The molecule has 1 N–H and O–H groups in total. The van der Waals surface area contributed by atoms with Gasteiger partial charge in [0.2, 0.25) is 0 Å². The van der Waals surface area contributed by atoms with Crippen LogP contribution in [0.1, 0.15) is 30.0 Å². The third-order valence-electron chi connectivity index (χ3n) is 4.97. The Morgan fingerprint density at radius 3 is 2.15 bits per heavy atom. The minimum atomic E-state index is -0.156. The highest BCUT2D eigenvalue weighted by atomic mass is 16.5. The first-order valence-electron chi connectivity index (χ1n) is 9.44. The summed E-state index contributed by atoms with van der Waals surface area (Å²) in [4.78, 5) is 14.8. The molecular weight excluding hydrogens is 336 g/mol. The van der Waals surface area contributed by atoms with Crippen molar-refractivity contribution in [2.24, 2.45) is 5.92 Å². The van der Waals surface area contributed by atoms with Gasteiger partial charge in [-0.3, -0.25) is 0 Å². The number of carbonyl (C=O) groups is 1. The van der Waals surface area contributed by atoms with E-state index in [1.807, 2.05) is 65.6 Å². The van der Waals surface area contributed by atoms with Crippen molar-refractivity contribution in [1.29, 1.82) is 0 Å². The van der Waals surface area contributed by atoms with Gasteiger partial charge in [0.15, 0.2) is 0 Å². The van der Waals surface area contributed by atoms with Crippen LogP contribution in [0.5, 0.6) is 0 Å². The predicted molar refractivity (Wildman–Crippen MR) is 107 cm³/mol. The van der Waals surface area contributed by atoms with E-state index >= 15 is 0 Å². The lowest BCUT2D eigenvalue weighted by molar-refractivity contribution is 0.0908. The van der Waals surface area contributed by atoms with Crippen LogP contribution >= 0.6 is 0 Å². The van der Waals surface area contributed by atoms with Crippen LogP contribution in [0.15, 0.2) is 60.7 Å². The molecule has 27 heavy (non-hydrogen) atoms. The summed E-state index contributed by atoms with van der Waals surface area (Å²) in [5, 5.41) is 3.22. The van der Waals surface area contributed by atoms with Gasteiger partial charge >= 0.3 is 6.03 Å². The van der Waals surface area contributed by atoms with E-state index in [0.29, 0.717) is 19.1 Å². The van der Waals surface area contributed by atoms with Crippen molar-refractivity contribution in [3.8, 4) is 12.3 Å². The molecule has 0 radical (unpaired) electrons. The summed E-state index contributed by atoms with van der Waals surface area (Å²) < 4.78 is 5.44. The second-order valence-corrected chi connectivity index (χ2v) is 6.85. The number of hydrogen-bond donors (Lipinski definition) is 1. The van der Waals surface area contributed by atoms with Crippen LogP contribution in [-0.2, 0) is 4.74 Å². The first-order valence-corrected chi connectivity index (χ1v) is 9.44. The minimum absolute atomic E-state index is 0.0179. The Bertz CT molecular complexity index is 707.